The Bertz CT molecular complexity index is 353. The Balaban J connectivity index is 1.54. The van der Waals surface area contributed by atoms with Crippen LogP contribution >= 0.6 is 22.9 Å². The van der Waals surface area contributed by atoms with Crippen molar-refractivity contribution < 1.29 is 4.74 Å². The van der Waals surface area contributed by atoms with Gasteiger partial charge in [0.2, 0.25) is 0 Å². The van der Waals surface area contributed by atoms with Crippen LogP contribution < -0.4 is 5.32 Å². The Morgan fingerprint density at radius 1 is 1.56 bits per heavy atom. The van der Waals surface area contributed by atoms with Crippen LogP contribution in [0.3, 0.4) is 0 Å². The molecule has 1 unspecified atom stereocenters. The van der Waals surface area contributed by atoms with Gasteiger partial charge < -0.3 is 15.0 Å². The number of nitrogens with zero attached hydrogens (tertiary/aromatic N) is 1. The molecule has 1 saturated heterocycles. The van der Waals surface area contributed by atoms with Gasteiger partial charge in [0.05, 0.1) is 10.4 Å². The minimum Gasteiger partial charge on any atom is -0.377 e. The molecule has 0 amide bonds. The molecule has 1 aliphatic heterocycles. The molecule has 1 N–H and O–H groups in total. The van der Waals surface area contributed by atoms with Crippen LogP contribution in [-0.4, -0.2) is 44.3 Å². The molecule has 1 aromatic heterocycles. The second kappa shape index (κ2) is 7.46. The van der Waals surface area contributed by atoms with Gasteiger partial charge in [-0.25, -0.2) is 0 Å². The van der Waals surface area contributed by atoms with Gasteiger partial charge in [-0.1, -0.05) is 11.6 Å². The van der Waals surface area contributed by atoms with Crippen molar-refractivity contribution in [3.8, 4) is 0 Å². The standard InChI is InChI=1S/C13H21ClN2OS/c1-16(10-11-3-2-8-17-11)7-6-15-9-12-4-5-13(14)18-12/h4-5,11,15H,2-3,6-10H2,1H3. The number of hydrogen-bond acceptors (Lipinski definition) is 4. The summed E-state index contributed by atoms with van der Waals surface area (Å²) in [6.45, 7) is 4.95. The Morgan fingerprint density at radius 3 is 3.11 bits per heavy atom. The van der Waals surface area contributed by atoms with E-state index < -0.39 is 0 Å². The molecule has 2 heterocycles. The van der Waals surface area contributed by atoms with E-state index in [0.717, 1.165) is 37.1 Å². The maximum atomic E-state index is 5.89. The Morgan fingerprint density at radius 2 is 2.44 bits per heavy atom. The molecule has 0 aliphatic carbocycles. The maximum absolute atomic E-state index is 5.89. The number of thiophene rings is 1. The lowest BCUT2D eigenvalue weighted by molar-refractivity contribution is 0.0815. The quantitative estimate of drug-likeness (QED) is 0.781. The van der Waals surface area contributed by atoms with Gasteiger partial charge in [0, 0.05) is 37.7 Å². The third-order valence-corrected chi connectivity index (χ3v) is 4.37. The van der Waals surface area contributed by atoms with E-state index in [4.69, 9.17) is 16.3 Å². The molecule has 0 spiro atoms. The van der Waals surface area contributed by atoms with Gasteiger partial charge in [-0.2, -0.15) is 0 Å². The number of hydrogen-bond donors (Lipinski definition) is 1. The fourth-order valence-corrected chi connectivity index (χ4v) is 3.21. The summed E-state index contributed by atoms with van der Waals surface area (Å²) in [5, 5.41) is 3.44. The predicted molar refractivity (Wildman–Crippen MR) is 77.5 cm³/mol. The molecule has 0 aromatic carbocycles. The second-order valence-electron chi connectivity index (χ2n) is 4.78. The van der Waals surface area contributed by atoms with Gasteiger partial charge in [-0.05, 0) is 32.0 Å². The minimum atomic E-state index is 0.450. The Kier molecular flexibility index (Phi) is 5.92. The highest BCUT2D eigenvalue weighted by Gasteiger charge is 2.16. The van der Waals surface area contributed by atoms with E-state index in [1.807, 2.05) is 6.07 Å². The fraction of sp³-hybridized carbons (Fsp3) is 0.692. The van der Waals surface area contributed by atoms with Crippen LogP contribution in [0.15, 0.2) is 12.1 Å². The third kappa shape index (κ3) is 4.86. The van der Waals surface area contributed by atoms with Crippen LogP contribution in [0, 0.1) is 0 Å². The fourth-order valence-electron chi connectivity index (χ4n) is 2.16. The van der Waals surface area contributed by atoms with Crippen molar-refractivity contribution in [2.45, 2.75) is 25.5 Å². The van der Waals surface area contributed by atoms with Gasteiger partial charge in [-0.3, -0.25) is 0 Å². The van der Waals surface area contributed by atoms with Gasteiger partial charge in [0.15, 0.2) is 0 Å². The molecule has 1 aliphatic rings. The molecule has 102 valence electrons. The van der Waals surface area contributed by atoms with Gasteiger partial charge in [0.25, 0.3) is 0 Å². The molecule has 3 nitrogen and oxygen atoms in total. The SMILES string of the molecule is CN(CCNCc1ccc(Cl)s1)CC1CCCO1. The molecule has 2 rings (SSSR count). The van der Waals surface area contributed by atoms with E-state index in [0.29, 0.717) is 6.10 Å². The van der Waals surface area contributed by atoms with Gasteiger partial charge in [0.1, 0.15) is 0 Å². The smallest absolute Gasteiger partial charge is 0.0931 e. The molecule has 18 heavy (non-hydrogen) atoms. The summed E-state index contributed by atoms with van der Waals surface area (Å²) in [6.07, 6.45) is 2.88. The van der Waals surface area contributed by atoms with Crippen molar-refractivity contribution in [1.82, 2.24) is 10.2 Å². The number of nitrogens with one attached hydrogen (secondary N) is 1. The monoisotopic (exact) mass is 288 g/mol. The van der Waals surface area contributed by atoms with E-state index in [1.165, 1.54) is 17.7 Å². The summed E-state index contributed by atoms with van der Waals surface area (Å²) < 4.78 is 6.49. The summed E-state index contributed by atoms with van der Waals surface area (Å²) in [5.74, 6) is 0. The van der Waals surface area contributed by atoms with E-state index in [2.05, 4.69) is 23.3 Å². The lowest BCUT2D eigenvalue weighted by Crippen LogP contribution is -2.34. The first-order chi connectivity index (χ1) is 8.74. The van der Waals surface area contributed by atoms with Gasteiger partial charge in [-0.15, -0.1) is 11.3 Å². The summed E-state index contributed by atoms with van der Waals surface area (Å²) in [7, 11) is 2.16. The summed E-state index contributed by atoms with van der Waals surface area (Å²) in [6, 6.07) is 4.03. The molecule has 1 aromatic rings. The van der Waals surface area contributed by atoms with Crippen molar-refractivity contribution in [3.05, 3.63) is 21.3 Å². The summed E-state index contributed by atoms with van der Waals surface area (Å²) >= 11 is 7.53. The second-order valence-corrected chi connectivity index (χ2v) is 6.58. The third-order valence-electron chi connectivity index (χ3n) is 3.14. The normalized spacial score (nSPS) is 19.8. The van der Waals surface area contributed by atoms with Gasteiger partial charge >= 0.3 is 0 Å². The van der Waals surface area contributed by atoms with Crippen LogP contribution in [0.25, 0.3) is 0 Å². The topological polar surface area (TPSA) is 24.5 Å². The average Bonchev–Trinajstić information content (AvgIpc) is 2.96. The van der Waals surface area contributed by atoms with Crippen molar-refractivity contribution in [3.63, 3.8) is 0 Å². The number of ether oxygens (including phenoxy) is 1. The van der Waals surface area contributed by atoms with Crippen molar-refractivity contribution in [2.24, 2.45) is 0 Å². The van der Waals surface area contributed by atoms with E-state index in [9.17, 15) is 0 Å². The van der Waals surface area contributed by atoms with Crippen LogP contribution in [0.5, 0.6) is 0 Å². The lowest BCUT2D eigenvalue weighted by Gasteiger charge is -2.20. The summed E-state index contributed by atoms with van der Waals surface area (Å²) in [4.78, 5) is 3.63. The largest absolute Gasteiger partial charge is 0.377 e. The Labute approximate surface area is 118 Å². The maximum Gasteiger partial charge on any atom is 0.0931 e. The first-order valence-electron chi connectivity index (χ1n) is 6.49. The number of halogens is 1. The van der Waals surface area contributed by atoms with Crippen molar-refractivity contribution >= 4 is 22.9 Å². The highest BCUT2D eigenvalue weighted by Crippen LogP contribution is 2.20. The predicted octanol–water partition coefficient (Wildman–Crippen LogP) is 2.60. The molecule has 1 atom stereocenters. The zero-order valence-electron chi connectivity index (χ0n) is 10.8. The van der Waals surface area contributed by atoms with Crippen LogP contribution in [0.2, 0.25) is 4.34 Å². The first-order valence-corrected chi connectivity index (χ1v) is 7.68. The first kappa shape index (κ1) is 14.3. The highest BCUT2D eigenvalue weighted by atomic mass is 35.5. The molecular weight excluding hydrogens is 268 g/mol. The average molecular weight is 289 g/mol. The van der Waals surface area contributed by atoms with Crippen molar-refractivity contribution in [2.75, 3.05) is 33.3 Å². The molecule has 0 bridgehead atoms. The van der Waals surface area contributed by atoms with Crippen LogP contribution in [0.4, 0.5) is 0 Å². The van der Waals surface area contributed by atoms with Crippen LogP contribution in [0.1, 0.15) is 17.7 Å². The number of likely N-dealkylation sites (N-methyl/N-ethyl adjacent to an activating group) is 1. The zero-order valence-corrected chi connectivity index (χ0v) is 12.4. The minimum absolute atomic E-state index is 0.450. The van der Waals surface area contributed by atoms with Crippen LogP contribution in [-0.2, 0) is 11.3 Å². The van der Waals surface area contributed by atoms with E-state index in [1.54, 1.807) is 11.3 Å². The molecule has 1 fully saturated rings. The van der Waals surface area contributed by atoms with E-state index >= 15 is 0 Å². The molecule has 5 heteroatoms. The Hall–Kier alpha value is -0.130. The highest BCUT2D eigenvalue weighted by molar-refractivity contribution is 7.16. The molecule has 0 saturated carbocycles. The molecular formula is C13H21ClN2OS. The lowest BCUT2D eigenvalue weighted by atomic mass is 10.2. The summed E-state index contributed by atoms with van der Waals surface area (Å²) in [5.41, 5.74) is 0. The number of rotatable bonds is 7. The van der Waals surface area contributed by atoms with Crippen molar-refractivity contribution in [1.29, 1.82) is 0 Å². The zero-order chi connectivity index (χ0) is 12.8. The van der Waals surface area contributed by atoms with E-state index in [-0.39, 0.29) is 0 Å². The molecule has 0 radical (unpaired) electrons.